The number of hydrogen-bond acceptors (Lipinski definition) is 3. The Balaban J connectivity index is -0.000000242. The second-order valence-corrected chi connectivity index (χ2v) is 3.12. The fourth-order valence-electron chi connectivity index (χ4n) is 0.950. The Kier molecular flexibility index (Phi) is 26.9. The molecule has 0 spiro atoms. The van der Waals surface area contributed by atoms with Crippen molar-refractivity contribution < 1.29 is 9.53 Å². The zero-order chi connectivity index (χ0) is 15.5. The first-order chi connectivity index (χ1) is 9.20. The molecule has 1 heterocycles. The van der Waals surface area contributed by atoms with Crippen LogP contribution in [-0.4, -0.2) is 50.7 Å². The Labute approximate surface area is 119 Å². The van der Waals surface area contributed by atoms with Crippen LogP contribution >= 0.6 is 0 Å². The van der Waals surface area contributed by atoms with Crippen molar-refractivity contribution >= 4 is 5.91 Å². The molecule has 0 saturated carbocycles. The number of amides is 1. The molecule has 114 valence electrons. The van der Waals surface area contributed by atoms with Gasteiger partial charge in [0.2, 0.25) is 5.91 Å². The number of rotatable bonds is 1. The Morgan fingerprint density at radius 2 is 1.63 bits per heavy atom. The second-order valence-electron chi connectivity index (χ2n) is 3.12. The lowest BCUT2D eigenvalue weighted by molar-refractivity contribution is -0.118. The minimum Gasteiger partial charge on any atom is -0.379 e. The average Bonchev–Trinajstić information content (AvgIpc) is 2.51. The van der Waals surface area contributed by atoms with Gasteiger partial charge >= 0.3 is 0 Å². The lowest BCUT2D eigenvalue weighted by atomic mass is 10.4. The van der Waals surface area contributed by atoms with Crippen LogP contribution in [0, 0.1) is 11.8 Å². The van der Waals surface area contributed by atoms with Crippen molar-refractivity contribution in [1.82, 2.24) is 10.2 Å². The van der Waals surface area contributed by atoms with Crippen LogP contribution in [-0.2, 0) is 9.53 Å². The van der Waals surface area contributed by atoms with Gasteiger partial charge in [0.25, 0.3) is 0 Å². The summed E-state index contributed by atoms with van der Waals surface area (Å²) in [7, 11) is 1.60. The Morgan fingerprint density at radius 3 is 1.95 bits per heavy atom. The number of ether oxygens (including phenoxy) is 1. The van der Waals surface area contributed by atoms with Crippen LogP contribution in [0.15, 0.2) is 0 Å². The van der Waals surface area contributed by atoms with Crippen molar-refractivity contribution in [3.63, 3.8) is 0 Å². The fraction of sp³-hybridized carbons (Fsp3) is 0.800. The molecule has 0 aliphatic carbocycles. The number of carbonyl (C=O) groups is 1. The van der Waals surface area contributed by atoms with Crippen molar-refractivity contribution in [2.75, 3.05) is 39.9 Å². The van der Waals surface area contributed by atoms with Crippen LogP contribution in [0.25, 0.3) is 0 Å². The SMILES string of the molecule is CC.CC.CC#CCN1CCOCC1.CNC(C)=O. The number of nitrogens with zero attached hydrogens (tertiary/aromatic N) is 1. The van der Waals surface area contributed by atoms with Crippen LogP contribution in [0.4, 0.5) is 0 Å². The molecule has 1 saturated heterocycles. The molecular weight excluding hydrogens is 240 g/mol. The first-order valence-electron chi connectivity index (χ1n) is 7.08. The van der Waals surface area contributed by atoms with Gasteiger partial charge in [0, 0.05) is 27.1 Å². The van der Waals surface area contributed by atoms with Gasteiger partial charge in [0.15, 0.2) is 0 Å². The molecule has 0 unspecified atom stereocenters. The van der Waals surface area contributed by atoms with Gasteiger partial charge in [0.1, 0.15) is 0 Å². The number of morpholine rings is 1. The lowest BCUT2D eigenvalue weighted by Crippen LogP contribution is -2.36. The van der Waals surface area contributed by atoms with E-state index in [2.05, 4.69) is 22.1 Å². The normalized spacial score (nSPS) is 12.8. The number of nitrogens with one attached hydrogen (secondary N) is 1. The predicted molar refractivity (Wildman–Crippen MR) is 83.1 cm³/mol. The van der Waals surface area contributed by atoms with Crippen LogP contribution < -0.4 is 5.32 Å². The summed E-state index contributed by atoms with van der Waals surface area (Å²) >= 11 is 0. The van der Waals surface area contributed by atoms with Crippen LogP contribution in [0.1, 0.15) is 41.5 Å². The first-order valence-corrected chi connectivity index (χ1v) is 7.08. The van der Waals surface area contributed by atoms with Crippen LogP contribution in [0.5, 0.6) is 0 Å². The summed E-state index contributed by atoms with van der Waals surface area (Å²) in [6.45, 7) is 16.1. The lowest BCUT2D eigenvalue weighted by Gasteiger charge is -2.24. The monoisotopic (exact) mass is 272 g/mol. The van der Waals surface area contributed by atoms with E-state index >= 15 is 0 Å². The van der Waals surface area contributed by atoms with Crippen molar-refractivity contribution in [2.45, 2.75) is 41.5 Å². The summed E-state index contributed by atoms with van der Waals surface area (Å²) in [4.78, 5) is 12.0. The summed E-state index contributed by atoms with van der Waals surface area (Å²) in [6.07, 6.45) is 0. The third-order valence-electron chi connectivity index (χ3n) is 1.94. The first kappa shape index (κ1) is 23.1. The highest BCUT2D eigenvalue weighted by Crippen LogP contribution is 1.94. The van der Waals surface area contributed by atoms with Gasteiger partial charge in [-0.15, -0.1) is 5.92 Å². The Bertz CT molecular complexity index is 226. The molecule has 0 atom stereocenters. The molecule has 0 aromatic heterocycles. The highest BCUT2D eigenvalue weighted by atomic mass is 16.5. The van der Waals surface area contributed by atoms with Gasteiger partial charge in [-0.3, -0.25) is 9.69 Å². The van der Waals surface area contributed by atoms with Crippen molar-refractivity contribution in [3.8, 4) is 11.8 Å². The number of hydrogen-bond donors (Lipinski definition) is 1. The maximum atomic E-state index is 9.70. The minimum absolute atomic E-state index is 0.00463. The van der Waals surface area contributed by atoms with E-state index in [9.17, 15) is 4.79 Å². The van der Waals surface area contributed by atoms with Crippen LogP contribution in [0.3, 0.4) is 0 Å². The van der Waals surface area contributed by atoms with Gasteiger partial charge < -0.3 is 10.1 Å². The quantitative estimate of drug-likeness (QED) is 0.744. The van der Waals surface area contributed by atoms with E-state index in [1.54, 1.807) is 7.05 Å². The molecule has 1 fully saturated rings. The molecule has 1 aliphatic heterocycles. The predicted octanol–water partition coefficient (Wildman–Crippen LogP) is 2.15. The molecular formula is C15H32N2O2. The third kappa shape index (κ3) is 22.6. The van der Waals surface area contributed by atoms with E-state index in [4.69, 9.17) is 4.74 Å². The van der Waals surface area contributed by atoms with Gasteiger partial charge in [-0.1, -0.05) is 33.6 Å². The van der Waals surface area contributed by atoms with Gasteiger partial charge in [0.05, 0.1) is 19.8 Å². The molecule has 1 amide bonds. The number of carbonyl (C=O) groups excluding carboxylic acids is 1. The minimum atomic E-state index is 0.00463. The fourth-order valence-corrected chi connectivity index (χ4v) is 0.950. The highest BCUT2D eigenvalue weighted by Gasteiger charge is 2.07. The van der Waals surface area contributed by atoms with E-state index in [0.29, 0.717) is 0 Å². The summed E-state index contributed by atoms with van der Waals surface area (Å²) in [5.41, 5.74) is 0. The van der Waals surface area contributed by atoms with E-state index < -0.39 is 0 Å². The van der Waals surface area contributed by atoms with Crippen molar-refractivity contribution in [3.05, 3.63) is 0 Å². The topological polar surface area (TPSA) is 41.6 Å². The molecule has 1 N–H and O–H groups in total. The summed E-state index contributed by atoms with van der Waals surface area (Å²) in [5, 5.41) is 2.39. The molecule has 4 heteroatoms. The third-order valence-corrected chi connectivity index (χ3v) is 1.94. The van der Waals surface area contributed by atoms with E-state index in [1.807, 2.05) is 34.6 Å². The van der Waals surface area contributed by atoms with Crippen molar-refractivity contribution in [2.24, 2.45) is 0 Å². The standard InChI is InChI=1S/C8H13NO.C3H7NO.2C2H6/c1-2-3-4-9-5-7-10-8-6-9;1-3(5)4-2;2*1-2/h4-8H2,1H3;1-2H3,(H,4,5);2*1-2H3. The zero-order valence-corrected chi connectivity index (χ0v) is 13.8. The second kappa shape index (κ2) is 22.2. The van der Waals surface area contributed by atoms with Gasteiger partial charge in [-0.05, 0) is 6.92 Å². The zero-order valence-electron chi connectivity index (χ0n) is 13.8. The summed E-state index contributed by atoms with van der Waals surface area (Å²) in [5.74, 6) is 5.93. The molecule has 19 heavy (non-hydrogen) atoms. The molecule has 0 aromatic rings. The molecule has 0 radical (unpaired) electrons. The van der Waals surface area contributed by atoms with Crippen molar-refractivity contribution in [1.29, 1.82) is 0 Å². The maximum Gasteiger partial charge on any atom is 0.216 e. The molecule has 1 rings (SSSR count). The Hall–Kier alpha value is -1.05. The van der Waals surface area contributed by atoms with Gasteiger partial charge in [-0.25, -0.2) is 0 Å². The molecule has 1 aliphatic rings. The molecule has 0 bridgehead atoms. The molecule has 0 aromatic carbocycles. The van der Waals surface area contributed by atoms with E-state index in [0.717, 1.165) is 32.8 Å². The molecule has 4 nitrogen and oxygen atoms in total. The summed E-state index contributed by atoms with van der Waals surface area (Å²) < 4.78 is 5.19. The smallest absolute Gasteiger partial charge is 0.216 e. The Morgan fingerprint density at radius 1 is 1.21 bits per heavy atom. The average molecular weight is 272 g/mol. The summed E-state index contributed by atoms with van der Waals surface area (Å²) in [6, 6.07) is 0. The maximum absolute atomic E-state index is 9.70. The van der Waals surface area contributed by atoms with E-state index in [1.165, 1.54) is 6.92 Å². The van der Waals surface area contributed by atoms with Crippen LogP contribution in [0.2, 0.25) is 0 Å². The highest BCUT2D eigenvalue weighted by molar-refractivity contribution is 5.72. The largest absolute Gasteiger partial charge is 0.379 e. The van der Waals surface area contributed by atoms with E-state index in [-0.39, 0.29) is 5.91 Å². The van der Waals surface area contributed by atoms with Gasteiger partial charge in [-0.2, -0.15) is 0 Å².